The molecule has 2 amide bonds. The van der Waals surface area contributed by atoms with Gasteiger partial charge in [0, 0.05) is 21.1 Å². The summed E-state index contributed by atoms with van der Waals surface area (Å²) >= 11 is 3.58. The minimum absolute atomic E-state index is 0.106. The van der Waals surface area contributed by atoms with Crippen molar-refractivity contribution in [3.05, 3.63) is 70.3 Å². The van der Waals surface area contributed by atoms with Crippen LogP contribution in [-0.2, 0) is 16.1 Å². The number of nitrogens with one attached hydrogen (secondary N) is 1. The SMILES string of the molecule is Cc1c(Br)c2ccccc2n1CC(=O)N[C@@H](C(N)=O)c1ccccc1. The van der Waals surface area contributed by atoms with E-state index in [0.717, 1.165) is 21.1 Å². The molecule has 0 aliphatic carbocycles. The van der Waals surface area contributed by atoms with Crippen molar-refractivity contribution in [3.8, 4) is 0 Å². The number of hydrogen-bond donors (Lipinski definition) is 2. The van der Waals surface area contributed by atoms with Gasteiger partial charge in [0.25, 0.3) is 0 Å². The van der Waals surface area contributed by atoms with Gasteiger partial charge in [0.15, 0.2) is 0 Å². The van der Waals surface area contributed by atoms with Crippen LogP contribution in [0.3, 0.4) is 0 Å². The fourth-order valence-corrected chi connectivity index (χ4v) is 3.46. The Morgan fingerprint density at radius 2 is 1.76 bits per heavy atom. The average Bonchev–Trinajstić information content (AvgIpc) is 2.85. The Morgan fingerprint density at radius 1 is 1.12 bits per heavy atom. The van der Waals surface area contributed by atoms with Gasteiger partial charge in [-0.05, 0) is 34.5 Å². The number of primary amides is 1. The quantitative estimate of drug-likeness (QED) is 0.691. The molecule has 1 atom stereocenters. The van der Waals surface area contributed by atoms with Gasteiger partial charge in [0.05, 0.1) is 0 Å². The molecule has 0 unspecified atom stereocenters. The van der Waals surface area contributed by atoms with Crippen LogP contribution < -0.4 is 11.1 Å². The molecule has 0 aliphatic rings. The third-order valence-corrected chi connectivity index (χ3v) is 5.18. The highest BCUT2D eigenvalue weighted by molar-refractivity contribution is 9.10. The molecule has 0 radical (unpaired) electrons. The van der Waals surface area contributed by atoms with Crippen molar-refractivity contribution in [3.63, 3.8) is 0 Å². The van der Waals surface area contributed by atoms with Crippen LogP contribution in [0.5, 0.6) is 0 Å². The largest absolute Gasteiger partial charge is 0.368 e. The van der Waals surface area contributed by atoms with E-state index in [1.807, 2.05) is 41.8 Å². The molecule has 3 rings (SSSR count). The molecule has 6 heteroatoms. The number of rotatable bonds is 5. The van der Waals surface area contributed by atoms with E-state index < -0.39 is 11.9 Å². The average molecular weight is 400 g/mol. The molecule has 0 bridgehead atoms. The minimum Gasteiger partial charge on any atom is -0.368 e. The summed E-state index contributed by atoms with van der Waals surface area (Å²) in [5.41, 5.74) is 8.04. The molecule has 128 valence electrons. The van der Waals surface area contributed by atoms with Crippen molar-refractivity contribution < 1.29 is 9.59 Å². The van der Waals surface area contributed by atoms with Crippen molar-refractivity contribution in [2.45, 2.75) is 19.5 Å². The van der Waals surface area contributed by atoms with Gasteiger partial charge in [-0.15, -0.1) is 0 Å². The number of fused-ring (bicyclic) bond motifs is 1. The van der Waals surface area contributed by atoms with Crippen LogP contribution in [0.2, 0.25) is 0 Å². The Kier molecular flexibility index (Phi) is 4.90. The third-order valence-electron chi connectivity index (χ3n) is 4.18. The number of aromatic nitrogens is 1. The summed E-state index contributed by atoms with van der Waals surface area (Å²) in [5.74, 6) is -0.862. The lowest BCUT2D eigenvalue weighted by Crippen LogP contribution is -2.39. The fraction of sp³-hybridized carbons (Fsp3) is 0.158. The van der Waals surface area contributed by atoms with E-state index in [1.165, 1.54) is 0 Å². The molecule has 0 fully saturated rings. The molecule has 3 aromatic rings. The molecule has 5 nitrogen and oxygen atoms in total. The predicted molar refractivity (Wildman–Crippen MR) is 101 cm³/mol. The monoisotopic (exact) mass is 399 g/mol. The Balaban J connectivity index is 1.85. The van der Waals surface area contributed by atoms with Gasteiger partial charge in [-0.1, -0.05) is 48.5 Å². The maximum Gasteiger partial charge on any atom is 0.244 e. The zero-order valence-electron chi connectivity index (χ0n) is 13.7. The summed E-state index contributed by atoms with van der Waals surface area (Å²) in [6, 6.07) is 16.0. The Bertz CT molecular complexity index is 934. The summed E-state index contributed by atoms with van der Waals surface area (Å²) in [6.07, 6.45) is 0. The topological polar surface area (TPSA) is 77.1 Å². The first-order valence-corrected chi connectivity index (χ1v) is 8.65. The van der Waals surface area contributed by atoms with E-state index in [2.05, 4.69) is 21.2 Å². The number of halogens is 1. The van der Waals surface area contributed by atoms with Gasteiger partial charge >= 0.3 is 0 Å². The van der Waals surface area contributed by atoms with E-state index in [1.54, 1.807) is 24.3 Å². The lowest BCUT2D eigenvalue weighted by molar-refractivity contribution is -0.127. The van der Waals surface area contributed by atoms with Crippen LogP contribution in [0, 0.1) is 6.92 Å². The number of carbonyl (C=O) groups is 2. The van der Waals surface area contributed by atoms with Crippen LogP contribution >= 0.6 is 15.9 Å². The molecular weight excluding hydrogens is 382 g/mol. The molecule has 3 N–H and O–H groups in total. The molecule has 2 aromatic carbocycles. The first-order valence-electron chi connectivity index (χ1n) is 7.86. The van der Waals surface area contributed by atoms with Crippen molar-refractivity contribution in [2.24, 2.45) is 5.73 Å². The maximum absolute atomic E-state index is 12.6. The van der Waals surface area contributed by atoms with Gasteiger partial charge in [-0.3, -0.25) is 9.59 Å². The second-order valence-corrected chi connectivity index (χ2v) is 6.61. The highest BCUT2D eigenvalue weighted by atomic mass is 79.9. The molecule has 0 aliphatic heterocycles. The van der Waals surface area contributed by atoms with Gasteiger partial charge < -0.3 is 15.6 Å². The normalized spacial score (nSPS) is 12.1. The van der Waals surface area contributed by atoms with E-state index in [0.29, 0.717) is 5.56 Å². The summed E-state index contributed by atoms with van der Waals surface area (Å²) in [5, 5.41) is 3.78. The molecule has 1 heterocycles. The van der Waals surface area contributed by atoms with Gasteiger partial charge in [0.1, 0.15) is 12.6 Å². The van der Waals surface area contributed by atoms with Crippen LogP contribution in [0.15, 0.2) is 59.1 Å². The number of nitrogens with two attached hydrogens (primary N) is 1. The van der Waals surface area contributed by atoms with Crippen LogP contribution in [0.4, 0.5) is 0 Å². The third kappa shape index (κ3) is 3.44. The predicted octanol–water partition coefficient (Wildman–Crippen LogP) is 3.06. The zero-order valence-corrected chi connectivity index (χ0v) is 15.3. The second-order valence-electron chi connectivity index (χ2n) is 5.82. The molecule has 0 saturated heterocycles. The lowest BCUT2D eigenvalue weighted by atomic mass is 10.1. The smallest absolute Gasteiger partial charge is 0.244 e. The summed E-state index contributed by atoms with van der Waals surface area (Å²) in [4.78, 5) is 24.3. The standard InChI is InChI=1S/C19H18BrN3O2/c1-12-17(20)14-9-5-6-10-15(14)23(12)11-16(24)22-18(19(21)25)13-7-3-2-4-8-13/h2-10,18H,11H2,1H3,(H2,21,25)(H,22,24)/t18-/m1/s1. The van der Waals surface area contributed by atoms with Crippen molar-refractivity contribution in [2.75, 3.05) is 0 Å². The lowest BCUT2D eigenvalue weighted by Gasteiger charge is -2.17. The van der Waals surface area contributed by atoms with Crippen molar-refractivity contribution in [1.82, 2.24) is 9.88 Å². The number of para-hydroxylation sites is 1. The van der Waals surface area contributed by atoms with Crippen LogP contribution in [0.25, 0.3) is 10.9 Å². The summed E-state index contributed by atoms with van der Waals surface area (Å²) < 4.78 is 2.88. The number of amides is 2. The Hall–Kier alpha value is -2.60. The van der Waals surface area contributed by atoms with Gasteiger partial charge in [-0.25, -0.2) is 0 Å². The van der Waals surface area contributed by atoms with E-state index in [9.17, 15) is 9.59 Å². The number of benzene rings is 2. The molecule has 1 aromatic heterocycles. The number of nitrogens with zero attached hydrogens (tertiary/aromatic N) is 1. The Morgan fingerprint density at radius 3 is 2.44 bits per heavy atom. The number of hydrogen-bond acceptors (Lipinski definition) is 2. The first kappa shape index (κ1) is 17.2. The highest BCUT2D eigenvalue weighted by Crippen LogP contribution is 2.30. The van der Waals surface area contributed by atoms with Crippen molar-refractivity contribution in [1.29, 1.82) is 0 Å². The summed E-state index contributed by atoms with van der Waals surface area (Å²) in [6.45, 7) is 2.05. The molecule has 25 heavy (non-hydrogen) atoms. The van der Waals surface area contributed by atoms with E-state index in [4.69, 9.17) is 5.73 Å². The number of carbonyl (C=O) groups excluding carboxylic acids is 2. The Labute approximate surface area is 153 Å². The van der Waals surface area contributed by atoms with E-state index >= 15 is 0 Å². The molecule has 0 saturated carbocycles. The van der Waals surface area contributed by atoms with Gasteiger partial charge in [0.2, 0.25) is 11.8 Å². The molecular formula is C19H18BrN3O2. The highest BCUT2D eigenvalue weighted by Gasteiger charge is 2.21. The maximum atomic E-state index is 12.6. The van der Waals surface area contributed by atoms with Crippen LogP contribution in [0.1, 0.15) is 17.3 Å². The van der Waals surface area contributed by atoms with Crippen LogP contribution in [-0.4, -0.2) is 16.4 Å². The first-order chi connectivity index (χ1) is 12.0. The van der Waals surface area contributed by atoms with E-state index in [-0.39, 0.29) is 12.5 Å². The fourth-order valence-electron chi connectivity index (χ4n) is 2.91. The van der Waals surface area contributed by atoms with Crippen molar-refractivity contribution >= 4 is 38.6 Å². The zero-order chi connectivity index (χ0) is 18.0. The molecule has 0 spiro atoms. The summed E-state index contributed by atoms with van der Waals surface area (Å²) in [7, 11) is 0. The second kappa shape index (κ2) is 7.11. The minimum atomic E-state index is -0.848. The van der Waals surface area contributed by atoms with Gasteiger partial charge in [-0.2, -0.15) is 0 Å².